The number of rotatable bonds is 3. The molecule has 1 aromatic rings. The van der Waals surface area contributed by atoms with E-state index in [9.17, 15) is 4.79 Å². The Morgan fingerprint density at radius 1 is 1.40 bits per heavy atom. The van der Waals surface area contributed by atoms with E-state index in [0.717, 1.165) is 16.5 Å². The van der Waals surface area contributed by atoms with Crippen LogP contribution in [0.5, 0.6) is 5.75 Å². The normalized spacial score (nSPS) is 15.1. The van der Waals surface area contributed by atoms with E-state index in [1.54, 1.807) is 23.2 Å². The van der Waals surface area contributed by atoms with Gasteiger partial charge in [-0.2, -0.15) is 0 Å². The number of ether oxygens (including phenoxy) is 1. The van der Waals surface area contributed by atoms with E-state index in [1.807, 2.05) is 18.2 Å². The van der Waals surface area contributed by atoms with Gasteiger partial charge in [-0.3, -0.25) is 0 Å². The predicted octanol–water partition coefficient (Wildman–Crippen LogP) is 3.21. The second-order valence-corrected chi connectivity index (χ2v) is 5.14. The van der Waals surface area contributed by atoms with Gasteiger partial charge in [-0.05, 0) is 36.3 Å². The van der Waals surface area contributed by atoms with Gasteiger partial charge in [0.05, 0.1) is 12.8 Å². The fraction of sp³-hybridized carbons (Fsp3) is 0.286. The van der Waals surface area contributed by atoms with Gasteiger partial charge >= 0.3 is 6.09 Å². The van der Waals surface area contributed by atoms with Gasteiger partial charge in [0, 0.05) is 11.0 Å². The van der Waals surface area contributed by atoms with Gasteiger partial charge in [-0.15, -0.1) is 0 Å². The first kappa shape index (κ1) is 14.6. The third kappa shape index (κ3) is 4.09. The minimum atomic E-state index is -0.358. The molecule has 106 valence electrons. The van der Waals surface area contributed by atoms with Crippen molar-refractivity contribution in [3.05, 3.63) is 40.4 Å². The molecule has 20 heavy (non-hydrogen) atoms. The van der Waals surface area contributed by atoms with Crippen LogP contribution in [-0.4, -0.2) is 37.4 Å². The first-order chi connectivity index (χ1) is 9.69. The van der Waals surface area contributed by atoms with Crippen molar-refractivity contribution >= 4 is 28.2 Å². The average Bonchev–Trinajstić information content (AvgIpc) is 2.48. The number of oxime groups is 1. The molecule has 0 bridgehead atoms. The van der Waals surface area contributed by atoms with Gasteiger partial charge in [0.15, 0.2) is 0 Å². The van der Waals surface area contributed by atoms with E-state index in [2.05, 4.69) is 25.9 Å². The van der Waals surface area contributed by atoms with Crippen LogP contribution in [0.1, 0.15) is 6.42 Å². The van der Waals surface area contributed by atoms with E-state index in [4.69, 9.17) is 4.74 Å². The highest BCUT2D eigenvalue weighted by atomic mass is 79.9. The number of amides is 1. The summed E-state index contributed by atoms with van der Waals surface area (Å²) in [6.45, 7) is 1.11. The quantitative estimate of drug-likeness (QED) is 0.628. The van der Waals surface area contributed by atoms with Crippen LogP contribution >= 0.6 is 15.9 Å². The van der Waals surface area contributed by atoms with Crippen LogP contribution < -0.4 is 4.74 Å². The van der Waals surface area contributed by atoms with Crippen LogP contribution in [0.4, 0.5) is 4.79 Å². The standard InChI is InChI=1S/C14H15BrN2O3/c1-19-16-9-11-3-2-8-17(10-11)14(18)20-13-6-4-12(15)5-7-13/h3-7,9H,2,8,10H2,1H3/b16-9+. The molecule has 0 spiro atoms. The molecule has 0 saturated heterocycles. The summed E-state index contributed by atoms with van der Waals surface area (Å²) < 4.78 is 6.27. The minimum Gasteiger partial charge on any atom is -0.410 e. The molecule has 0 saturated carbocycles. The number of carbonyl (C=O) groups is 1. The van der Waals surface area contributed by atoms with Gasteiger partial charge in [-0.25, -0.2) is 4.79 Å². The van der Waals surface area contributed by atoms with Crippen LogP contribution in [-0.2, 0) is 4.84 Å². The van der Waals surface area contributed by atoms with Gasteiger partial charge in [0.2, 0.25) is 0 Å². The third-order valence-electron chi connectivity index (χ3n) is 2.78. The maximum Gasteiger partial charge on any atom is 0.415 e. The topological polar surface area (TPSA) is 51.1 Å². The van der Waals surface area contributed by atoms with Crippen molar-refractivity contribution in [3.63, 3.8) is 0 Å². The molecule has 1 aliphatic heterocycles. The third-order valence-corrected chi connectivity index (χ3v) is 3.31. The molecule has 5 nitrogen and oxygen atoms in total. The number of hydrogen-bond donors (Lipinski definition) is 0. The van der Waals surface area contributed by atoms with Gasteiger partial charge < -0.3 is 14.5 Å². The molecule has 1 amide bonds. The molecule has 0 radical (unpaired) electrons. The fourth-order valence-electron chi connectivity index (χ4n) is 1.81. The van der Waals surface area contributed by atoms with Gasteiger partial charge in [0.25, 0.3) is 0 Å². The van der Waals surface area contributed by atoms with E-state index in [1.165, 1.54) is 7.11 Å². The van der Waals surface area contributed by atoms with Crippen molar-refractivity contribution in [2.24, 2.45) is 5.16 Å². The number of benzene rings is 1. The summed E-state index contributed by atoms with van der Waals surface area (Å²) >= 11 is 3.34. The summed E-state index contributed by atoms with van der Waals surface area (Å²) in [5.41, 5.74) is 0.936. The van der Waals surface area contributed by atoms with Crippen LogP contribution in [0.15, 0.2) is 45.5 Å². The number of halogens is 1. The second-order valence-electron chi connectivity index (χ2n) is 4.23. The molecule has 0 unspecified atom stereocenters. The maximum absolute atomic E-state index is 12.1. The van der Waals surface area contributed by atoms with Crippen LogP contribution in [0.2, 0.25) is 0 Å². The molecular formula is C14H15BrN2O3. The lowest BCUT2D eigenvalue weighted by Gasteiger charge is -2.25. The molecule has 2 rings (SSSR count). The van der Waals surface area contributed by atoms with Crippen molar-refractivity contribution in [1.82, 2.24) is 4.90 Å². The van der Waals surface area contributed by atoms with Gasteiger partial charge in [0.1, 0.15) is 12.9 Å². The molecule has 0 aromatic heterocycles. The zero-order chi connectivity index (χ0) is 14.4. The zero-order valence-corrected chi connectivity index (χ0v) is 12.7. The van der Waals surface area contributed by atoms with E-state index >= 15 is 0 Å². The Balaban J connectivity index is 1.94. The molecule has 6 heteroatoms. The number of carbonyl (C=O) groups excluding carboxylic acids is 1. The summed E-state index contributed by atoms with van der Waals surface area (Å²) in [4.78, 5) is 18.3. The average molecular weight is 339 g/mol. The Morgan fingerprint density at radius 2 is 2.15 bits per heavy atom. The monoisotopic (exact) mass is 338 g/mol. The Morgan fingerprint density at radius 3 is 2.85 bits per heavy atom. The lowest BCUT2D eigenvalue weighted by Crippen LogP contribution is -2.38. The summed E-state index contributed by atoms with van der Waals surface area (Å²) in [6.07, 6.45) is 4.06. The largest absolute Gasteiger partial charge is 0.415 e. The molecular weight excluding hydrogens is 324 g/mol. The Kier molecular flexibility index (Phi) is 5.17. The SMILES string of the molecule is CO/N=C/C1=CCCN(C(=O)Oc2ccc(Br)cc2)C1. The Labute approximate surface area is 126 Å². The summed E-state index contributed by atoms with van der Waals surface area (Å²) in [5, 5.41) is 3.71. The van der Waals surface area contributed by atoms with E-state index in [0.29, 0.717) is 18.8 Å². The van der Waals surface area contributed by atoms with E-state index in [-0.39, 0.29) is 6.09 Å². The highest BCUT2D eigenvalue weighted by Gasteiger charge is 2.19. The molecule has 0 aliphatic carbocycles. The minimum absolute atomic E-state index is 0.358. The maximum atomic E-state index is 12.1. The molecule has 1 aromatic carbocycles. The number of nitrogens with zero attached hydrogens (tertiary/aromatic N) is 2. The molecule has 0 N–H and O–H groups in total. The lowest BCUT2D eigenvalue weighted by atomic mass is 10.1. The zero-order valence-electron chi connectivity index (χ0n) is 11.1. The fourth-order valence-corrected chi connectivity index (χ4v) is 2.07. The smallest absolute Gasteiger partial charge is 0.410 e. The predicted molar refractivity (Wildman–Crippen MR) is 79.9 cm³/mol. The lowest BCUT2D eigenvalue weighted by molar-refractivity contribution is 0.155. The Hall–Kier alpha value is -1.82. The van der Waals surface area contributed by atoms with E-state index < -0.39 is 0 Å². The van der Waals surface area contributed by atoms with Crippen LogP contribution in [0.3, 0.4) is 0 Å². The van der Waals surface area contributed by atoms with Crippen molar-refractivity contribution in [1.29, 1.82) is 0 Å². The summed E-state index contributed by atoms with van der Waals surface area (Å²) in [5.74, 6) is 0.528. The Bertz CT molecular complexity index is 526. The highest BCUT2D eigenvalue weighted by molar-refractivity contribution is 9.10. The van der Waals surface area contributed by atoms with Crippen molar-refractivity contribution in [3.8, 4) is 5.75 Å². The van der Waals surface area contributed by atoms with Crippen molar-refractivity contribution < 1.29 is 14.4 Å². The first-order valence-electron chi connectivity index (χ1n) is 6.17. The second kappa shape index (κ2) is 7.09. The highest BCUT2D eigenvalue weighted by Crippen LogP contribution is 2.18. The van der Waals surface area contributed by atoms with Crippen molar-refractivity contribution in [2.75, 3.05) is 20.2 Å². The number of hydrogen-bond acceptors (Lipinski definition) is 4. The van der Waals surface area contributed by atoms with Crippen molar-refractivity contribution in [2.45, 2.75) is 6.42 Å². The molecule has 0 fully saturated rings. The molecule has 1 heterocycles. The summed E-state index contributed by atoms with van der Waals surface area (Å²) in [7, 11) is 1.49. The van der Waals surface area contributed by atoms with Crippen LogP contribution in [0, 0.1) is 0 Å². The molecule has 0 atom stereocenters. The van der Waals surface area contributed by atoms with Gasteiger partial charge in [-0.1, -0.05) is 27.2 Å². The molecule has 1 aliphatic rings. The summed E-state index contributed by atoms with van der Waals surface area (Å²) in [6, 6.07) is 7.15. The van der Waals surface area contributed by atoms with Crippen LogP contribution in [0.25, 0.3) is 0 Å². The first-order valence-corrected chi connectivity index (χ1v) is 6.96.